The summed E-state index contributed by atoms with van der Waals surface area (Å²) in [6.45, 7) is 22.5. The number of fused-ring (bicyclic) bond motifs is 1. The summed E-state index contributed by atoms with van der Waals surface area (Å²) < 4.78 is 68.2. The number of aromatic hydroxyl groups is 9. The third kappa shape index (κ3) is 15.5. The summed E-state index contributed by atoms with van der Waals surface area (Å²) in [4.78, 5) is 0. The molecule has 6 unspecified atom stereocenters. The van der Waals surface area contributed by atoms with Crippen molar-refractivity contribution in [1.29, 1.82) is 0 Å². The average Bonchev–Trinajstić information content (AvgIpc) is 3.10. The van der Waals surface area contributed by atoms with Gasteiger partial charge in [0, 0.05) is 57.5 Å². The van der Waals surface area contributed by atoms with Gasteiger partial charge in [-0.25, -0.2) is 8.42 Å². The average molecular weight is 1010 g/mol. The van der Waals surface area contributed by atoms with Gasteiger partial charge in [0.05, 0.1) is 6.10 Å². The number of aliphatic hydroxyl groups excluding tert-OH is 2. The molecule has 0 spiro atoms. The Balaban J connectivity index is 0.00000120. The molecule has 374 valence electrons. The van der Waals surface area contributed by atoms with Gasteiger partial charge in [-0.3, -0.25) is 4.21 Å². The van der Waals surface area contributed by atoms with E-state index in [1.54, 1.807) is 26.8 Å². The molecular formula is C46H61B2NaO18S2-2. The van der Waals surface area contributed by atoms with Crippen molar-refractivity contribution in [1.82, 2.24) is 0 Å². The van der Waals surface area contributed by atoms with E-state index in [0.717, 1.165) is 29.3 Å². The van der Waals surface area contributed by atoms with Crippen molar-refractivity contribution >= 4 is 38.3 Å². The fraction of sp³-hybridized carbons (Fsp3) is 0.478. The van der Waals surface area contributed by atoms with Crippen molar-refractivity contribution in [3.8, 4) is 57.5 Å². The van der Waals surface area contributed by atoms with Crippen molar-refractivity contribution in [3.63, 3.8) is 0 Å². The van der Waals surface area contributed by atoms with Gasteiger partial charge in [0.15, 0.2) is 40.6 Å². The molecular weight excluding hydrogens is 949 g/mol. The minimum absolute atomic E-state index is 0. The molecule has 1 heterocycles. The predicted molar refractivity (Wildman–Crippen MR) is 252 cm³/mol. The molecule has 0 aliphatic carbocycles. The summed E-state index contributed by atoms with van der Waals surface area (Å²) in [5, 5.41) is 111. The van der Waals surface area contributed by atoms with Crippen molar-refractivity contribution in [2.75, 3.05) is 0 Å². The van der Waals surface area contributed by atoms with Crippen LogP contribution in [0.1, 0.15) is 140 Å². The van der Waals surface area contributed by atoms with Crippen molar-refractivity contribution in [2.45, 2.75) is 129 Å². The molecule has 4 aromatic rings. The Labute approximate surface area is 432 Å². The Morgan fingerprint density at radius 1 is 0.623 bits per heavy atom. The summed E-state index contributed by atoms with van der Waals surface area (Å²) in [6.07, 6.45) is -3.83. The van der Waals surface area contributed by atoms with Gasteiger partial charge in [-0.2, -0.15) is 0 Å². The van der Waals surface area contributed by atoms with Crippen molar-refractivity contribution in [2.24, 2.45) is 10.8 Å². The number of hydrogen-bond acceptors (Lipinski definition) is 18. The van der Waals surface area contributed by atoms with Crippen LogP contribution >= 0.6 is 0 Å². The van der Waals surface area contributed by atoms with Gasteiger partial charge in [-0.15, -0.1) is 11.4 Å². The molecule has 5 rings (SSSR count). The van der Waals surface area contributed by atoms with Gasteiger partial charge in [0.25, 0.3) is 0 Å². The zero-order valence-corrected chi connectivity index (χ0v) is 44.5. The zero-order valence-electron chi connectivity index (χ0n) is 40.8. The maximum Gasteiger partial charge on any atom is 1.00 e. The van der Waals surface area contributed by atoms with Gasteiger partial charge < -0.3 is 74.6 Å². The number of ether oxygens (including phenoxy) is 1. The summed E-state index contributed by atoms with van der Waals surface area (Å²) >= 11 is -3.11. The van der Waals surface area contributed by atoms with Gasteiger partial charge >= 0.3 is 29.6 Å². The third-order valence-corrected chi connectivity index (χ3v) is 12.3. The molecule has 0 bridgehead atoms. The number of phenolic OH excluding ortho intramolecular Hbond substituents is 9. The van der Waals surface area contributed by atoms with E-state index in [1.807, 2.05) is 68.4 Å². The Morgan fingerprint density at radius 2 is 1.01 bits per heavy atom. The van der Waals surface area contributed by atoms with E-state index < -0.39 is 108 Å². The van der Waals surface area contributed by atoms with E-state index in [4.69, 9.17) is 18.1 Å². The maximum atomic E-state index is 12.3. The standard InChI is InChI=1S/C23H32O9S.C23H30O6.2B.Na.H2O3S/c1-22(2,3)13-9-12(14(24)10-15(13)25)18(23(4,5)6)20(29)21(33(30,31)32)11-7-16(26)19(28)17(27)8-11;1-22(2,3)13-9-12-17(10-14(13)24)29-21(20(28)18(12)23(4,5)6)11-7-15(25)19(27)16(26)8-11;;;;1-4(2)3/h7-10,18,20-21,24-29H,1-6H3,(H,30,31,32);7-10,18,20-21,24-28H,1-6H3;;;;(H2,1,2,3)/q;;;;+1;/p-3. The fourth-order valence-corrected chi connectivity index (χ4v) is 9.20. The van der Waals surface area contributed by atoms with E-state index in [0.29, 0.717) is 16.9 Å². The first-order chi connectivity index (χ1) is 29.7. The van der Waals surface area contributed by atoms with Crippen LogP contribution in [-0.4, -0.2) is 111 Å². The van der Waals surface area contributed by atoms with Crippen LogP contribution in [0.25, 0.3) is 0 Å². The zero-order chi connectivity index (χ0) is 51.1. The predicted octanol–water partition coefficient (Wildman–Crippen LogP) is 2.96. The summed E-state index contributed by atoms with van der Waals surface area (Å²) in [5.74, 6) is -5.81. The van der Waals surface area contributed by atoms with E-state index in [2.05, 4.69) is 0 Å². The van der Waals surface area contributed by atoms with Crippen LogP contribution in [0.4, 0.5) is 0 Å². The molecule has 4 aromatic carbocycles. The minimum Gasteiger partial charge on any atom is -0.784 e. The SMILES string of the molecule is CC(C)(C)c1cc(C(C(O)C(c2cc(O)c(O)c(O)c2)S(=O)(=O)[O-])C(C)(C)C)c(O)cc1O.CC(C)(C)c1cc2c(cc1O)OC(c1cc(O)c(O)c(O)c1)C(O)C2C(C)(C)C.O=S([O-])[O-].[B].[B].[Na+]. The second kappa shape index (κ2) is 23.4. The first-order valence-electron chi connectivity index (χ1n) is 20.4. The number of benzene rings is 4. The summed E-state index contributed by atoms with van der Waals surface area (Å²) in [6, 6.07) is 10.1. The Kier molecular flexibility index (Phi) is 22.0. The number of aliphatic hydroxyl groups is 2. The van der Waals surface area contributed by atoms with E-state index >= 15 is 0 Å². The van der Waals surface area contributed by atoms with Crippen LogP contribution in [0.15, 0.2) is 48.5 Å². The Hall–Kier alpha value is -4.09. The molecule has 0 amide bonds. The molecule has 6 radical (unpaired) electrons. The van der Waals surface area contributed by atoms with Crippen LogP contribution in [0.2, 0.25) is 0 Å². The molecule has 0 saturated heterocycles. The molecule has 1 aliphatic heterocycles. The quantitative estimate of drug-likeness (QED) is 0.0572. The van der Waals surface area contributed by atoms with Gasteiger partial charge in [-0.1, -0.05) is 83.1 Å². The molecule has 0 saturated carbocycles. The van der Waals surface area contributed by atoms with Gasteiger partial charge in [0.1, 0.15) is 44.5 Å². The summed E-state index contributed by atoms with van der Waals surface area (Å²) in [7, 11) is -5.27. The van der Waals surface area contributed by atoms with E-state index in [-0.39, 0.29) is 80.2 Å². The third-order valence-electron chi connectivity index (χ3n) is 11.1. The maximum absolute atomic E-state index is 12.3. The molecule has 0 fully saturated rings. The molecule has 18 nitrogen and oxygen atoms in total. The topological polar surface area (TPSA) is 352 Å². The Bertz CT molecular complexity index is 2500. The first-order valence-corrected chi connectivity index (χ1v) is 22.9. The van der Waals surface area contributed by atoms with E-state index in [1.165, 1.54) is 18.2 Å². The van der Waals surface area contributed by atoms with Crippen LogP contribution in [0.3, 0.4) is 0 Å². The van der Waals surface area contributed by atoms with Crippen LogP contribution in [-0.2, 0) is 32.3 Å². The van der Waals surface area contributed by atoms with E-state index in [9.17, 15) is 69.1 Å². The molecule has 1 aliphatic rings. The largest absolute Gasteiger partial charge is 1.00 e. The van der Waals surface area contributed by atoms with Crippen molar-refractivity contribution in [3.05, 3.63) is 81.9 Å². The number of phenols is 9. The summed E-state index contributed by atoms with van der Waals surface area (Å²) in [5.41, 5.74) is -0.127. The second-order valence-corrected chi connectivity index (χ2v) is 22.4. The van der Waals surface area contributed by atoms with Crippen LogP contribution < -0.4 is 34.3 Å². The number of hydrogen-bond donors (Lipinski definition) is 11. The molecule has 0 aromatic heterocycles. The fourth-order valence-electron chi connectivity index (χ4n) is 8.24. The molecule has 23 heteroatoms. The van der Waals surface area contributed by atoms with Gasteiger partial charge in [0.2, 0.25) is 0 Å². The van der Waals surface area contributed by atoms with Crippen LogP contribution in [0, 0.1) is 10.8 Å². The monoisotopic (exact) mass is 1010 g/mol. The number of rotatable bonds is 6. The second-order valence-electron chi connectivity index (χ2n) is 20.5. The Morgan fingerprint density at radius 3 is 1.39 bits per heavy atom. The minimum atomic E-state index is -5.27. The molecule has 11 N–H and O–H groups in total. The van der Waals surface area contributed by atoms with Crippen LogP contribution in [0.5, 0.6) is 57.5 Å². The van der Waals surface area contributed by atoms with Crippen molar-refractivity contribution < 1.29 is 117 Å². The first kappa shape index (κ1) is 64.9. The molecule has 69 heavy (non-hydrogen) atoms. The smallest absolute Gasteiger partial charge is 0.784 e. The molecule has 6 atom stereocenters. The van der Waals surface area contributed by atoms with Gasteiger partial charge in [-0.05, 0) is 74.7 Å². The normalized spacial score (nSPS) is 17.3.